The van der Waals surface area contributed by atoms with Crippen LogP contribution in [0.1, 0.15) is 0 Å². The molecule has 0 saturated heterocycles. The molecule has 0 aliphatic heterocycles. The van der Waals surface area contributed by atoms with E-state index in [9.17, 15) is 0 Å². The second-order valence-corrected chi connectivity index (χ2v) is 59.3. The fraction of sp³-hybridized carbons (Fsp3) is 0. The molecular formula is C36H34Ge2Si2. The zero-order valence-corrected chi connectivity index (χ0v) is 29.8. The third-order valence-electron chi connectivity index (χ3n) is 8.47. The molecule has 6 aromatic carbocycles. The van der Waals surface area contributed by atoms with Gasteiger partial charge in [0.1, 0.15) is 0 Å². The van der Waals surface area contributed by atoms with Gasteiger partial charge in [-0.2, -0.15) is 0 Å². The van der Waals surface area contributed by atoms with Gasteiger partial charge < -0.3 is 0 Å². The quantitative estimate of drug-likeness (QED) is 0.208. The Morgan fingerprint density at radius 3 is 0.525 bits per heavy atom. The van der Waals surface area contributed by atoms with Crippen molar-refractivity contribution in [2.45, 2.75) is 0 Å². The minimum atomic E-state index is -2.92. The molecule has 40 heavy (non-hydrogen) atoms. The van der Waals surface area contributed by atoms with E-state index < -0.39 is 40.3 Å². The van der Waals surface area contributed by atoms with Crippen molar-refractivity contribution in [1.29, 1.82) is 0 Å². The maximum absolute atomic E-state index is 2.92. The third-order valence-corrected chi connectivity index (χ3v) is 102. The van der Waals surface area contributed by atoms with E-state index in [4.69, 9.17) is 0 Å². The van der Waals surface area contributed by atoms with Crippen LogP contribution in [0.4, 0.5) is 0 Å². The van der Waals surface area contributed by atoms with Crippen molar-refractivity contribution in [1.82, 2.24) is 0 Å². The Balaban J connectivity index is 1.62. The molecule has 0 radical (unpaired) electrons. The van der Waals surface area contributed by atoms with Crippen LogP contribution >= 0.6 is 0 Å². The van der Waals surface area contributed by atoms with Gasteiger partial charge in [-0.1, -0.05) is 0 Å². The first kappa shape index (κ1) is 27.0. The Labute approximate surface area is 247 Å². The summed E-state index contributed by atoms with van der Waals surface area (Å²) in [7, 11) is -1.00. The van der Waals surface area contributed by atoms with Crippen LogP contribution in [-0.4, -0.2) is 40.3 Å². The summed E-state index contributed by atoms with van der Waals surface area (Å²) in [4.78, 5) is 0. The van der Waals surface area contributed by atoms with Gasteiger partial charge in [0.2, 0.25) is 0 Å². The van der Waals surface area contributed by atoms with Gasteiger partial charge in [-0.3, -0.25) is 0 Å². The van der Waals surface area contributed by atoms with Crippen LogP contribution in [0.25, 0.3) is 0 Å². The Morgan fingerprint density at radius 2 is 0.375 bits per heavy atom. The van der Waals surface area contributed by atoms with Crippen LogP contribution in [0.3, 0.4) is 0 Å². The van der Waals surface area contributed by atoms with E-state index >= 15 is 0 Å². The predicted octanol–water partition coefficient (Wildman–Crippen LogP) is 2.57. The van der Waals surface area contributed by atoms with Crippen molar-refractivity contribution < 1.29 is 0 Å². The van der Waals surface area contributed by atoms with E-state index in [0.29, 0.717) is 0 Å². The minimum absolute atomic E-state index is 0.502. The van der Waals surface area contributed by atoms with Crippen LogP contribution in [-0.2, 0) is 0 Å². The first-order valence-electron chi connectivity index (χ1n) is 14.2. The summed E-state index contributed by atoms with van der Waals surface area (Å²) in [5.41, 5.74) is 0. The zero-order chi connectivity index (χ0) is 27.1. The normalized spacial score (nSPS) is 12.3. The first-order chi connectivity index (χ1) is 19.8. The fourth-order valence-electron chi connectivity index (χ4n) is 6.58. The van der Waals surface area contributed by atoms with E-state index in [-0.39, 0.29) is 0 Å². The Bertz CT molecular complexity index is 1290. The standard InChI is InChI=1S/C36H34Ge2Si2/c1-7-19-31(20-8-1)37(32-21-9-2-10-22-32,33-23-11-3-12-24-33)39-40-38(34-25-13-4-14-26-34,35-27-15-5-16-28-35)36-29-17-6-18-30-36/h1-30H,39-40H2. The molecule has 0 aliphatic carbocycles. The van der Waals surface area contributed by atoms with Crippen LogP contribution < -0.4 is 26.4 Å². The Kier molecular flexibility index (Phi) is 8.49. The van der Waals surface area contributed by atoms with Crippen molar-refractivity contribution in [3.05, 3.63) is 182 Å². The molecule has 0 N–H and O–H groups in total. The molecule has 0 saturated carbocycles. The average molecular weight is 668 g/mol. The van der Waals surface area contributed by atoms with Crippen molar-refractivity contribution in [2.75, 3.05) is 0 Å². The third kappa shape index (κ3) is 5.17. The summed E-state index contributed by atoms with van der Waals surface area (Å²) < 4.78 is 9.78. The van der Waals surface area contributed by atoms with Gasteiger partial charge in [-0.25, -0.2) is 0 Å². The molecule has 0 spiro atoms. The fourth-order valence-corrected chi connectivity index (χ4v) is 158. The van der Waals surface area contributed by atoms with Crippen molar-refractivity contribution >= 4 is 66.7 Å². The number of hydrogen-bond donors (Lipinski definition) is 0. The molecule has 0 bridgehead atoms. The SMILES string of the molecule is c1cc[c]([Ge]([SiH2][SiH2][Ge]([c]2ccccc2)([c]2ccccc2)[c]2ccccc2)([c]2ccccc2)[c]2ccccc2)cc1. The van der Waals surface area contributed by atoms with Gasteiger partial charge in [0.25, 0.3) is 0 Å². The molecule has 0 unspecified atom stereocenters. The molecular weight excluding hydrogens is 634 g/mol. The molecule has 4 heteroatoms. The first-order valence-corrected chi connectivity index (χ1v) is 34.8. The molecule has 0 aliphatic rings. The molecule has 0 aromatic heterocycles. The molecule has 6 rings (SSSR count). The summed E-state index contributed by atoms with van der Waals surface area (Å²) in [6.07, 6.45) is 0. The van der Waals surface area contributed by atoms with Crippen LogP contribution in [0.5, 0.6) is 0 Å². The van der Waals surface area contributed by atoms with Gasteiger partial charge >= 0.3 is 249 Å². The monoisotopic (exact) mass is 670 g/mol. The van der Waals surface area contributed by atoms with E-state index in [2.05, 4.69) is 182 Å². The van der Waals surface area contributed by atoms with Crippen LogP contribution in [0.2, 0.25) is 0 Å². The molecule has 0 atom stereocenters. The second-order valence-electron chi connectivity index (χ2n) is 10.5. The van der Waals surface area contributed by atoms with Crippen molar-refractivity contribution in [3.63, 3.8) is 0 Å². The summed E-state index contributed by atoms with van der Waals surface area (Å²) in [5.74, 6) is 0. The van der Waals surface area contributed by atoms with Crippen LogP contribution in [0, 0.1) is 0 Å². The van der Waals surface area contributed by atoms with E-state index in [1.54, 1.807) is 26.4 Å². The number of benzene rings is 6. The van der Waals surface area contributed by atoms with Gasteiger partial charge in [-0.05, 0) is 0 Å². The van der Waals surface area contributed by atoms with Gasteiger partial charge in [0, 0.05) is 0 Å². The maximum atomic E-state index is 2.46. The Hall–Kier alpha value is -3.16. The van der Waals surface area contributed by atoms with E-state index in [1.165, 1.54) is 0 Å². The predicted molar refractivity (Wildman–Crippen MR) is 185 cm³/mol. The topological polar surface area (TPSA) is 0 Å². The summed E-state index contributed by atoms with van der Waals surface area (Å²) in [6, 6.07) is 70.0. The molecule has 0 fully saturated rings. The summed E-state index contributed by atoms with van der Waals surface area (Å²) in [6.45, 7) is 0. The number of rotatable bonds is 9. The number of hydrogen-bond acceptors (Lipinski definition) is 0. The zero-order valence-electron chi connectivity index (χ0n) is 22.7. The second kappa shape index (κ2) is 12.6. The van der Waals surface area contributed by atoms with Gasteiger partial charge in [0.15, 0.2) is 0 Å². The molecule has 6 aromatic rings. The van der Waals surface area contributed by atoms with Crippen LogP contribution in [0.15, 0.2) is 182 Å². The molecule has 0 nitrogen and oxygen atoms in total. The molecule has 0 amide bonds. The van der Waals surface area contributed by atoms with E-state index in [1.807, 2.05) is 0 Å². The van der Waals surface area contributed by atoms with E-state index in [0.717, 1.165) is 0 Å². The molecule has 0 heterocycles. The Morgan fingerprint density at radius 1 is 0.225 bits per heavy atom. The van der Waals surface area contributed by atoms with Crippen molar-refractivity contribution in [2.24, 2.45) is 0 Å². The average Bonchev–Trinajstić information content (AvgIpc) is 3.06. The van der Waals surface area contributed by atoms with Crippen molar-refractivity contribution in [3.8, 4) is 0 Å². The summed E-state index contributed by atoms with van der Waals surface area (Å²) >= 11 is -5.84. The molecule has 194 valence electrons. The van der Waals surface area contributed by atoms with Gasteiger partial charge in [-0.15, -0.1) is 0 Å². The summed E-state index contributed by atoms with van der Waals surface area (Å²) in [5, 5.41) is 0. The van der Waals surface area contributed by atoms with Gasteiger partial charge in [0.05, 0.1) is 0 Å².